The third kappa shape index (κ3) is 216. The maximum atomic E-state index is 5.11. The van der Waals surface area contributed by atoms with Crippen molar-refractivity contribution in [1.82, 2.24) is 0 Å². The Balaban J connectivity index is -0.000000147. The Bertz CT molecular complexity index is 119. The van der Waals surface area contributed by atoms with E-state index in [-0.39, 0.29) is 0 Å². The van der Waals surface area contributed by atoms with E-state index in [1.165, 1.54) is 0 Å². The van der Waals surface area contributed by atoms with E-state index in [0.29, 0.717) is 0 Å². The minimum atomic E-state index is -3.79. The zero-order valence-electron chi connectivity index (χ0n) is 5.88. The summed E-state index contributed by atoms with van der Waals surface area (Å²) in [5.41, 5.74) is 0. The first-order valence-electron chi connectivity index (χ1n) is 1.90. The summed E-state index contributed by atoms with van der Waals surface area (Å²) in [5, 5.41) is 0. The van der Waals surface area contributed by atoms with Crippen molar-refractivity contribution in [3.8, 4) is 0 Å². The van der Waals surface area contributed by atoms with Crippen LogP contribution in [0.25, 0.3) is 0 Å². The van der Waals surface area contributed by atoms with Crippen LogP contribution in [-0.4, -0.2) is 0 Å². The average molecular weight is 585 g/mol. The molecule has 0 fully saturated rings. The van der Waals surface area contributed by atoms with E-state index in [1.807, 2.05) is 0 Å². The van der Waals surface area contributed by atoms with E-state index >= 15 is 0 Å². The molecular weight excluding hydrogens is 581 g/mol. The summed E-state index contributed by atoms with van der Waals surface area (Å²) in [6, 6.07) is 0. The van der Waals surface area contributed by atoms with Gasteiger partial charge in [-0.25, -0.2) is 0 Å². The van der Waals surface area contributed by atoms with Gasteiger partial charge in [0.25, 0.3) is 0 Å². The first-order chi connectivity index (χ1) is 5.97. The van der Waals surface area contributed by atoms with E-state index in [0.717, 1.165) is 0 Å². The van der Waals surface area contributed by atoms with Gasteiger partial charge in [-0.15, -0.1) is 0 Å². The van der Waals surface area contributed by atoms with Gasteiger partial charge in [0, 0.05) is 0 Å². The minimum absolute atomic E-state index is 1.62. The van der Waals surface area contributed by atoms with Crippen LogP contribution >= 0.6 is 80.4 Å². The third-order valence-corrected chi connectivity index (χ3v) is 0. The molecule has 0 aliphatic heterocycles. The standard InChI is InChI=1S/12ClH.3Cr/h12*1H;;;/q;;;;;;;;;;;;2*+3;+4/p-8. The van der Waals surface area contributed by atoms with Gasteiger partial charge in [0.1, 0.15) is 0 Å². The van der Waals surface area contributed by atoms with Crippen LogP contribution in [0.5, 0.6) is 0 Å². The molecule has 0 saturated carbocycles. The molecule has 0 aromatic carbocycles. The maximum absolute atomic E-state index is 5.11. The van der Waals surface area contributed by atoms with E-state index in [9.17, 15) is 0 Å². The molecule has 104 valence electrons. The van der Waals surface area contributed by atoms with Crippen LogP contribution in [0.2, 0.25) is 0 Å². The Morgan fingerprint density at radius 1 is 0.867 bits per heavy atom. The average Bonchev–Trinajstić information content (AvgIpc) is 1.42. The van der Waals surface area contributed by atoms with Crippen molar-refractivity contribution in [3.05, 3.63) is 0 Å². The normalized spacial score (nSPS) is 15.1. The second-order valence-corrected chi connectivity index (χ2v) is 43.6. The molecule has 0 rings (SSSR count). The van der Waals surface area contributed by atoms with E-state index in [4.69, 9.17) is 80.4 Å². The zero-order chi connectivity index (χ0) is 13.5. The van der Waals surface area contributed by atoms with Crippen LogP contribution in [0.3, 0.4) is 0 Å². The summed E-state index contributed by atoms with van der Waals surface area (Å²) in [7, 11) is 51.1. The molecule has 0 bridgehead atoms. The molecule has 0 amide bonds. The number of hydrogen-bond acceptors (Lipinski definition) is 0. The number of rotatable bonds is 0. The zero-order valence-corrected chi connectivity index (χ0v) is 19.0. The molecule has 15 heteroatoms. The SMILES string of the molecule is [Cl][Cr-2]([Cl])([Cl])([ClH+])[ClH+].[Cl][Cr]([Cl])([ClH+])[ClH+].[Cl][Cr]([Cl])[Cl]. The van der Waals surface area contributed by atoms with Crippen molar-refractivity contribution in [1.29, 1.82) is 0 Å². The van der Waals surface area contributed by atoms with E-state index in [2.05, 4.69) is 40.2 Å². The second-order valence-electron chi connectivity index (χ2n) is 1.17. The molecule has 15 heavy (non-hydrogen) atoms. The van der Waals surface area contributed by atoms with Gasteiger partial charge in [0.05, 0.1) is 0 Å². The fourth-order valence-corrected chi connectivity index (χ4v) is 0. The van der Waals surface area contributed by atoms with E-state index < -0.39 is 28.2 Å². The predicted molar refractivity (Wildman–Crippen MR) is 52.4 cm³/mol. The van der Waals surface area contributed by atoms with Gasteiger partial charge in [-0.3, -0.25) is 0 Å². The first kappa shape index (κ1) is 25.1. The molecule has 0 radical (unpaired) electrons. The summed E-state index contributed by atoms with van der Waals surface area (Å²) in [6.07, 6.45) is 0. The molecule has 0 aromatic rings. The second kappa shape index (κ2) is 10.8. The molecule has 0 heterocycles. The van der Waals surface area contributed by atoms with Crippen LogP contribution in [0.15, 0.2) is 0 Å². The predicted octanol–water partition coefficient (Wildman–Crippen LogP) is 4.44. The van der Waals surface area contributed by atoms with Gasteiger partial charge in [-0.1, -0.05) is 0 Å². The topological polar surface area (TPSA) is 0 Å². The van der Waals surface area contributed by atoms with Crippen molar-refractivity contribution in [2.75, 3.05) is 0 Å². The van der Waals surface area contributed by atoms with Gasteiger partial charge in [-0.2, -0.15) is 0 Å². The molecule has 0 saturated heterocycles. The monoisotopic (exact) mass is 579 g/mol. The quantitative estimate of drug-likeness (QED) is 0.395. The Labute approximate surface area is 146 Å². The molecule has 0 nitrogen and oxygen atoms in total. The summed E-state index contributed by atoms with van der Waals surface area (Å²) < 4.78 is 0. The molecule has 0 unspecified atom stereocenters. The Morgan fingerprint density at radius 2 is 0.867 bits per heavy atom. The van der Waals surface area contributed by atoms with Crippen LogP contribution < -0.4 is 0 Å². The van der Waals surface area contributed by atoms with Crippen molar-refractivity contribution >= 4 is 80.4 Å². The van der Waals surface area contributed by atoms with Gasteiger partial charge < -0.3 is 0 Å². The van der Waals surface area contributed by atoms with Gasteiger partial charge in [-0.05, 0) is 0 Å². The summed E-state index contributed by atoms with van der Waals surface area (Å²) in [6.45, 7) is 0. The van der Waals surface area contributed by atoms with Crippen molar-refractivity contribution in [2.45, 2.75) is 0 Å². The summed E-state index contributed by atoms with van der Waals surface area (Å²) in [5.74, 6) is 0. The van der Waals surface area contributed by atoms with Crippen molar-refractivity contribution in [3.63, 3.8) is 0 Å². The molecule has 0 N–H and O–H groups in total. The van der Waals surface area contributed by atoms with E-state index in [1.54, 1.807) is 0 Å². The van der Waals surface area contributed by atoms with Crippen LogP contribution in [0.4, 0.5) is 0 Å². The van der Waals surface area contributed by atoms with Crippen molar-refractivity contribution < 1.29 is 68.4 Å². The first-order valence-corrected chi connectivity index (χ1v) is 23.5. The molecule has 0 aliphatic carbocycles. The molecule has 0 aliphatic rings. The Morgan fingerprint density at radius 3 is 0.867 bits per heavy atom. The fourth-order valence-electron chi connectivity index (χ4n) is 0. The molecule has 0 spiro atoms. The van der Waals surface area contributed by atoms with Crippen LogP contribution in [0.1, 0.15) is 0 Å². The van der Waals surface area contributed by atoms with Crippen LogP contribution in [0, 0.1) is 40.2 Å². The Kier molecular flexibility index (Phi) is 18.0. The van der Waals surface area contributed by atoms with Gasteiger partial charge in [0.15, 0.2) is 0 Å². The Hall–Kier alpha value is 5.08. The summed E-state index contributed by atoms with van der Waals surface area (Å²) >= 11 is -1.62. The fraction of sp³-hybridized carbons (Fsp3) is 0. The number of halogens is 12. The van der Waals surface area contributed by atoms with Crippen LogP contribution in [-0.2, 0) is 28.2 Å². The third-order valence-electron chi connectivity index (χ3n) is 0. The van der Waals surface area contributed by atoms with Gasteiger partial charge in [0.2, 0.25) is 0 Å². The van der Waals surface area contributed by atoms with Gasteiger partial charge >= 0.3 is 149 Å². The molecule has 0 atom stereocenters. The van der Waals surface area contributed by atoms with Crippen molar-refractivity contribution in [2.24, 2.45) is 0 Å². The number of hydrogen-bond donors (Lipinski definition) is 0. The molecule has 0 aromatic heterocycles. The summed E-state index contributed by atoms with van der Waals surface area (Å²) in [4.78, 5) is 0. The molecular formula is H4Cl12Cr3+2.